The molecule has 1 aromatic rings. The van der Waals surface area contributed by atoms with Crippen molar-refractivity contribution in [2.24, 2.45) is 0 Å². The molecule has 6 heteroatoms. The van der Waals surface area contributed by atoms with Gasteiger partial charge < -0.3 is 0 Å². The second kappa shape index (κ2) is 4.15. The van der Waals surface area contributed by atoms with Crippen molar-refractivity contribution in [3.63, 3.8) is 0 Å². The van der Waals surface area contributed by atoms with Gasteiger partial charge in [0, 0.05) is 11.1 Å². The Morgan fingerprint density at radius 2 is 1.69 bits per heavy atom. The lowest BCUT2D eigenvalue weighted by Gasteiger charge is -2.05. The normalized spacial score (nSPS) is 11.2. The van der Waals surface area contributed by atoms with Crippen LogP contribution in [0.4, 0.5) is 0 Å². The van der Waals surface area contributed by atoms with Crippen LogP contribution in [0.2, 0.25) is 0 Å². The molecule has 0 aliphatic carbocycles. The van der Waals surface area contributed by atoms with Crippen molar-refractivity contribution < 1.29 is 22.6 Å². The van der Waals surface area contributed by atoms with E-state index in [-0.39, 0.29) is 16.9 Å². The van der Waals surface area contributed by atoms with Gasteiger partial charge in [-0.2, -0.15) is 8.42 Å². The molecule has 0 bridgehead atoms. The number of ketones is 2. The smallest absolute Gasteiger partial charge is 0.295 e. The highest BCUT2D eigenvalue weighted by Crippen LogP contribution is 2.18. The third-order valence-corrected chi connectivity index (χ3v) is 2.96. The van der Waals surface area contributed by atoms with E-state index in [0.29, 0.717) is 0 Å². The molecule has 0 unspecified atom stereocenters. The summed E-state index contributed by atoms with van der Waals surface area (Å²) in [5.74, 6) is -0.819. The summed E-state index contributed by atoms with van der Waals surface area (Å²) in [6.07, 6.45) is 0. The van der Waals surface area contributed by atoms with Gasteiger partial charge in [0.05, 0.1) is 0 Å². The molecule has 0 radical (unpaired) electrons. The van der Waals surface area contributed by atoms with E-state index < -0.39 is 20.8 Å². The quantitative estimate of drug-likeness (QED) is 0.638. The Kier molecular flexibility index (Phi) is 3.25. The predicted molar refractivity (Wildman–Crippen MR) is 56.3 cm³/mol. The molecular weight excluding hydrogens is 232 g/mol. The van der Waals surface area contributed by atoms with Crippen molar-refractivity contribution in [2.75, 3.05) is 0 Å². The Morgan fingerprint density at radius 3 is 2.06 bits per heavy atom. The van der Waals surface area contributed by atoms with E-state index in [1.807, 2.05) is 0 Å². The maximum absolute atomic E-state index is 11.2. The van der Waals surface area contributed by atoms with Crippen LogP contribution in [0.25, 0.3) is 0 Å². The van der Waals surface area contributed by atoms with Gasteiger partial charge in [0.15, 0.2) is 11.6 Å². The zero-order valence-electron chi connectivity index (χ0n) is 8.72. The van der Waals surface area contributed by atoms with Gasteiger partial charge in [0.2, 0.25) is 0 Å². The summed E-state index contributed by atoms with van der Waals surface area (Å²) in [6.45, 7) is 2.46. The summed E-state index contributed by atoms with van der Waals surface area (Å²) in [5.41, 5.74) is 0.0350. The lowest BCUT2D eigenvalue weighted by atomic mass is 10.1. The van der Waals surface area contributed by atoms with E-state index in [1.54, 1.807) is 0 Å². The molecule has 1 N–H and O–H groups in total. The van der Waals surface area contributed by atoms with Crippen LogP contribution in [0, 0.1) is 0 Å². The number of Topliss-reactive ketones (excluding diaryl/α,β-unsaturated/α-hetero) is 2. The molecule has 0 atom stereocenters. The standard InChI is InChI=1S/C10H10O5S/c1-6(11)8-3-4-10(16(13,14)15)9(5-8)7(2)12/h3-5H,1-2H3,(H,13,14,15). The Hall–Kier alpha value is -1.53. The van der Waals surface area contributed by atoms with E-state index in [0.717, 1.165) is 19.1 Å². The van der Waals surface area contributed by atoms with E-state index >= 15 is 0 Å². The van der Waals surface area contributed by atoms with Gasteiger partial charge in [0.25, 0.3) is 10.1 Å². The number of carbonyl (C=O) groups excluding carboxylic acids is 2. The monoisotopic (exact) mass is 242 g/mol. The molecule has 0 fully saturated rings. The molecule has 0 spiro atoms. The summed E-state index contributed by atoms with van der Waals surface area (Å²) >= 11 is 0. The van der Waals surface area contributed by atoms with E-state index in [1.165, 1.54) is 13.0 Å². The van der Waals surface area contributed by atoms with Gasteiger partial charge in [-0.15, -0.1) is 0 Å². The Bertz CT molecular complexity index is 557. The lowest BCUT2D eigenvalue weighted by molar-refractivity contribution is 0.101. The first-order valence-corrected chi connectivity index (χ1v) is 5.81. The average Bonchev–Trinajstić information content (AvgIpc) is 2.15. The molecule has 0 aliphatic heterocycles. The van der Waals surface area contributed by atoms with Crippen LogP contribution in [0.5, 0.6) is 0 Å². The van der Waals surface area contributed by atoms with Crippen LogP contribution < -0.4 is 0 Å². The molecule has 0 aliphatic rings. The van der Waals surface area contributed by atoms with Gasteiger partial charge in [-0.3, -0.25) is 14.1 Å². The fourth-order valence-corrected chi connectivity index (χ4v) is 1.97. The maximum atomic E-state index is 11.2. The second-order valence-corrected chi connectivity index (χ2v) is 4.69. The van der Waals surface area contributed by atoms with E-state index in [9.17, 15) is 18.0 Å². The predicted octanol–water partition coefficient (Wildman–Crippen LogP) is 1.34. The Morgan fingerprint density at radius 1 is 1.12 bits per heavy atom. The minimum absolute atomic E-state index is 0.185. The second-order valence-electron chi connectivity index (χ2n) is 3.30. The summed E-state index contributed by atoms with van der Waals surface area (Å²) in [7, 11) is -4.45. The lowest BCUT2D eigenvalue weighted by Crippen LogP contribution is -2.08. The van der Waals surface area contributed by atoms with E-state index in [4.69, 9.17) is 4.55 Å². The molecular formula is C10H10O5S. The van der Waals surface area contributed by atoms with Crippen molar-refractivity contribution in [1.82, 2.24) is 0 Å². The van der Waals surface area contributed by atoms with Crippen LogP contribution in [-0.4, -0.2) is 24.5 Å². The molecule has 0 saturated heterocycles. The molecule has 86 valence electrons. The Balaban J connectivity index is 3.55. The van der Waals surface area contributed by atoms with Gasteiger partial charge in [0.1, 0.15) is 4.90 Å². The van der Waals surface area contributed by atoms with Crippen LogP contribution >= 0.6 is 0 Å². The van der Waals surface area contributed by atoms with Crippen molar-refractivity contribution in [3.8, 4) is 0 Å². The number of hydrogen-bond donors (Lipinski definition) is 1. The summed E-state index contributed by atoms with van der Waals surface area (Å²) in [4.78, 5) is 21.8. The van der Waals surface area contributed by atoms with Crippen LogP contribution in [0.15, 0.2) is 23.1 Å². The molecule has 16 heavy (non-hydrogen) atoms. The fraction of sp³-hybridized carbons (Fsp3) is 0.200. The number of hydrogen-bond acceptors (Lipinski definition) is 4. The molecule has 1 aromatic carbocycles. The molecule has 0 aromatic heterocycles. The minimum atomic E-state index is -4.45. The molecule has 0 amide bonds. The SMILES string of the molecule is CC(=O)c1ccc(S(=O)(=O)O)c(C(C)=O)c1. The van der Waals surface area contributed by atoms with Crippen LogP contribution in [0.3, 0.4) is 0 Å². The number of benzene rings is 1. The first-order valence-electron chi connectivity index (χ1n) is 4.37. The highest BCUT2D eigenvalue weighted by atomic mass is 32.2. The average molecular weight is 242 g/mol. The van der Waals surface area contributed by atoms with Gasteiger partial charge >= 0.3 is 0 Å². The van der Waals surface area contributed by atoms with Crippen molar-refractivity contribution in [1.29, 1.82) is 0 Å². The molecule has 1 rings (SSSR count). The maximum Gasteiger partial charge on any atom is 0.295 e. The molecule has 0 saturated carbocycles. The van der Waals surface area contributed by atoms with Crippen molar-refractivity contribution in [2.45, 2.75) is 18.7 Å². The largest absolute Gasteiger partial charge is 0.295 e. The summed E-state index contributed by atoms with van der Waals surface area (Å²) < 4.78 is 30.8. The Labute approximate surface area is 92.8 Å². The van der Waals surface area contributed by atoms with Crippen molar-refractivity contribution >= 4 is 21.7 Å². The summed E-state index contributed by atoms with van der Waals surface area (Å²) in [5, 5.41) is 0. The first kappa shape index (κ1) is 12.5. The van der Waals surface area contributed by atoms with Gasteiger partial charge in [-0.25, -0.2) is 0 Å². The molecule has 0 heterocycles. The zero-order valence-corrected chi connectivity index (χ0v) is 9.54. The summed E-state index contributed by atoms with van der Waals surface area (Å²) in [6, 6.07) is 3.45. The third kappa shape index (κ3) is 2.53. The first-order chi connectivity index (χ1) is 7.23. The fourth-order valence-electron chi connectivity index (χ4n) is 1.25. The minimum Gasteiger partial charge on any atom is -0.295 e. The molecule has 5 nitrogen and oxygen atoms in total. The highest BCUT2D eigenvalue weighted by Gasteiger charge is 2.19. The number of rotatable bonds is 3. The van der Waals surface area contributed by atoms with Crippen molar-refractivity contribution in [3.05, 3.63) is 29.3 Å². The zero-order chi connectivity index (χ0) is 12.5. The van der Waals surface area contributed by atoms with Gasteiger partial charge in [-0.1, -0.05) is 0 Å². The van der Waals surface area contributed by atoms with Crippen LogP contribution in [0.1, 0.15) is 34.6 Å². The number of carbonyl (C=O) groups is 2. The third-order valence-electron chi connectivity index (χ3n) is 2.04. The topological polar surface area (TPSA) is 88.5 Å². The van der Waals surface area contributed by atoms with Gasteiger partial charge in [-0.05, 0) is 32.0 Å². The van der Waals surface area contributed by atoms with E-state index in [2.05, 4.69) is 0 Å². The highest BCUT2D eigenvalue weighted by molar-refractivity contribution is 7.86. The van der Waals surface area contributed by atoms with Crippen LogP contribution in [-0.2, 0) is 10.1 Å².